The Hall–Kier alpha value is -1.10. The Kier molecular flexibility index (Phi) is 7.62. The van der Waals surface area contributed by atoms with Crippen LogP contribution in [0.2, 0.25) is 0 Å². The van der Waals surface area contributed by atoms with Gasteiger partial charge in [-0.2, -0.15) is 0 Å². The number of carboxylic acid groups (broad SMARTS) is 2. The summed E-state index contributed by atoms with van der Waals surface area (Å²) in [6, 6.07) is 0. The van der Waals surface area contributed by atoms with Crippen molar-refractivity contribution in [1.29, 1.82) is 0 Å². The largest absolute Gasteiger partial charge is 0.481 e. The molecule has 88 valence electrons. The highest BCUT2D eigenvalue weighted by molar-refractivity contribution is 5.66. The van der Waals surface area contributed by atoms with E-state index in [1.54, 1.807) is 0 Å². The Morgan fingerprint density at radius 1 is 1.00 bits per heavy atom. The predicted molar refractivity (Wildman–Crippen MR) is 55.5 cm³/mol. The summed E-state index contributed by atoms with van der Waals surface area (Å²) in [5, 5.41) is 16.9. The molecule has 0 fully saturated rings. The lowest BCUT2D eigenvalue weighted by molar-refractivity contribution is -0.138. The molecule has 0 spiro atoms. The average Bonchev–Trinajstić information content (AvgIpc) is 2.14. The first-order chi connectivity index (χ1) is 7.06. The van der Waals surface area contributed by atoms with Crippen molar-refractivity contribution in [3.63, 3.8) is 0 Å². The highest BCUT2D eigenvalue weighted by Gasteiger charge is 2.08. The minimum absolute atomic E-state index is 0.162. The first-order valence-electron chi connectivity index (χ1n) is 5.20. The molecule has 0 saturated carbocycles. The van der Waals surface area contributed by atoms with E-state index in [1.165, 1.54) is 0 Å². The van der Waals surface area contributed by atoms with E-state index in [0.717, 1.165) is 12.8 Å². The van der Waals surface area contributed by atoms with Crippen LogP contribution in [0.15, 0.2) is 0 Å². The van der Waals surface area contributed by atoms with Gasteiger partial charge in [-0.15, -0.1) is 0 Å². The number of hydrogen-bond donors (Lipinski definition) is 3. The zero-order chi connectivity index (χ0) is 11.7. The molecule has 0 aromatic rings. The van der Waals surface area contributed by atoms with Gasteiger partial charge in [-0.3, -0.25) is 9.59 Å². The summed E-state index contributed by atoms with van der Waals surface area (Å²) in [7, 11) is 0. The van der Waals surface area contributed by atoms with Gasteiger partial charge in [0.15, 0.2) is 0 Å². The number of rotatable bonds is 9. The molecule has 0 aliphatic heterocycles. The molecule has 0 aliphatic carbocycles. The SMILES string of the molecule is NCC(CCCC(=O)O)CCCC(=O)O. The Morgan fingerprint density at radius 3 is 1.67 bits per heavy atom. The van der Waals surface area contributed by atoms with Gasteiger partial charge >= 0.3 is 11.9 Å². The summed E-state index contributed by atoms with van der Waals surface area (Å²) in [5.74, 6) is -1.34. The maximum atomic E-state index is 10.3. The van der Waals surface area contributed by atoms with Crippen LogP contribution in [0.1, 0.15) is 38.5 Å². The molecule has 5 nitrogen and oxygen atoms in total. The quantitative estimate of drug-likeness (QED) is 0.536. The average molecular weight is 217 g/mol. The van der Waals surface area contributed by atoms with Crippen LogP contribution in [-0.4, -0.2) is 28.7 Å². The summed E-state index contributed by atoms with van der Waals surface area (Å²) in [6.45, 7) is 0.499. The molecular formula is C10H19NO4. The molecule has 0 amide bonds. The lowest BCUT2D eigenvalue weighted by Gasteiger charge is -2.12. The van der Waals surface area contributed by atoms with Crippen LogP contribution >= 0.6 is 0 Å². The van der Waals surface area contributed by atoms with Gasteiger partial charge in [-0.1, -0.05) is 0 Å². The fourth-order valence-corrected chi connectivity index (χ4v) is 1.46. The van der Waals surface area contributed by atoms with Gasteiger partial charge in [0.25, 0.3) is 0 Å². The fraction of sp³-hybridized carbons (Fsp3) is 0.800. The molecule has 0 aromatic carbocycles. The van der Waals surface area contributed by atoms with Crippen molar-refractivity contribution in [2.24, 2.45) is 11.7 Å². The Morgan fingerprint density at radius 2 is 1.40 bits per heavy atom. The van der Waals surface area contributed by atoms with Gasteiger partial charge in [0.1, 0.15) is 0 Å². The number of aliphatic carboxylic acids is 2. The number of hydrogen-bond acceptors (Lipinski definition) is 3. The van der Waals surface area contributed by atoms with E-state index in [2.05, 4.69) is 0 Å². The molecule has 0 unspecified atom stereocenters. The molecule has 0 radical (unpaired) electrons. The van der Waals surface area contributed by atoms with E-state index < -0.39 is 11.9 Å². The predicted octanol–water partition coefficient (Wildman–Crippen LogP) is 1.07. The standard InChI is InChI=1S/C10H19NO4/c11-7-8(3-1-5-9(12)13)4-2-6-10(14)15/h8H,1-7,11H2,(H,12,13)(H,14,15). The summed E-state index contributed by atoms with van der Waals surface area (Å²) < 4.78 is 0. The third-order valence-electron chi connectivity index (χ3n) is 2.34. The number of carboxylic acids is 2. The highest BCUT2D eigenvalue weighted by atomic mass is 16.4. The van der Waals surface area contributed by atoms with Crippen molar-refractivity contribution in [2.45, 2.75) is 38.5 Å². The van der Waals surface area contributed by atoms with Crippen LogP contribution in [-0.2, 0) is 9.59 Å². The summed E-state index contributed by atoms with van der Waals surface area (Å²) in [5.41, 5.74) is 5.51. The minimum Gasteiger partial charge on any atom is -0.481 e. The van der Waals surface area contributed by atoms with Crippen molar-refractivity contribution in [3.05, 3.63) is 0 Å². The van der Waals surface area contributed by atoms with Gasteiger partial charge in [-0.25, -0.2) is 0 Å². The first kappa shape index (κ1) is 13.9. The van der Waals surface area contributed by atoms with Crippen molar-refractivity contribution < 1.29 is 19.8 Å². The molecule has 0 saturated heterocycles. The Bertz CT molecular complexity index is 186. The topological polar surface area (TPSA) is 101 Å². The Labute approximate surface area is 89.3 Å². The number of carbonyl (C=O) groups is 2. The van der Waals surface area contributed by atoms with Gasteiger partial charge in [0.05, 0.1) is 0 Å². The first-order valence-corrected chi connectivity index (χ1v) is 5.20. The highest BCUT2D eigenvalue weighted by Crippen LogP contribution is 2.14. The summed E-state index contributed by atoms with van der Waals surface area (Å²) in [4.78, 5) is 20.5. The van der Waals surface area contributed by atoms with Crippen molar-refractivity contribution in [2.75, 3.05) is 6.54 Å². The van der Waals surface area contributed by atoms with Crippen LogP contribution in [0.4, 0.5) is 0 Å². The second kappa shape index (κ2) is 8.23. The Balaban J connectivity index is 3.54. The zero-order valence-electron chi connectivity index (χ0n) is 8.82. The fourth-order valence-electron chi connectivity index (χ4n) is 1.46. The van der Waals surface area contributed by atoms with E-state index in [-0.39, 0.29) is 18.8 Å². The van der Waals surface area contributed by atoms with E-state index in [0.29, 0.717) is 19.4 Å². The lowest BCUT2D eigenvalue weighted by atomic mass is 9.96. The van der Waals surface area contributed by atoms with Gasteiger partial charge < -0.3 is 15.9 Å². The minimum atomic E-state index is -0.795. The van der Waals surface area contributed by atoms with Crippen molar-refractivity contribution in [1.82, 2.24) is 0 Å². The molecule has 5 heteroatoms. The van der Waals surface area contributed by atoms with Crippen molar-refractivity contribution in [3.8, 4) is 0 Å². The number of nitrogens with two attached hydrogens (primary N) is 1. The van der Waals surface area contributed by atoms with Gasteiger partial charge in [0.2, 0.25) is 0 Å². The van der Waals surface area contributed by atoms with Crippen molar-refractivity contribution >= 4 is 11.9 Å². The molecule has 0 rings (SSSR count). The van der Waals surface area contributed by atoms with E-state index in [9.17, 15) is 9.59 Å². The van der Waals surface area contributed by atoms with Gasteiger partial charge in [-0.05, 0) is 38.1 Å². The van der Waals surface area contributed by atoms with Gasteiger partial charge in [0, 0.05) is 12.8 Å². The van der Waals surface area contributed by atoms with Crippen LogP contribution in [0.3, 0.4) is 0 Å². The molecule has 0 aromatic heterocycles. The van der Waals surface area contributed by atoms with Crippen LogP contribution < -0.4 is 5.73 Å². The third-order valence-corrected chi connectivity index (χ3v) is 2.34. The lowest BCUT2D eigenvalue weighted by Crippen LogP contribution is -2.15. The van der Waals surface area contributed by atoms with E-state index in [1.807, 2.05) is 0 Å². The molecule has 0 atom stereocenters. The van der Waals surface area contributed by atoms with E-state index >= 15 is 0 Å². The van der Waals surface area contributed by atoms with Crippen LogP contribution in [0, 0.1) is 5.92 Å². The monoisotopic (exact) mass is 217 g/mol. The smallest absolute Gasteiger partial charge is 0.303 e. The second-order valence-corrected chi connectivity index (χ2v) is 3.67. The molecule has 15 heavy (non-hydrogen) atoms. The zero-order valence-corrected chi connectivity index (χ0v) is 8.82. The molecule has 4 N–H and O–H groups in total. The maximum Gasteiger partial charge on any atom is 0.303 e. The second-order valence-electron chi connectivity index (χ2n) is 3.67. The van der Waals surface area contributed by atoms with E-state index in [4.69, 9.17) is 15.9 Å². The summed E-state index contributed by atoms with van der Waals surface area (Å²) >= 11 is 0. The molecular weight excluding hydrogens is 198 g/mol. The third kappa shape index (κ3) is 9.21. The van der Waals surface area contributed by atoms with Crippen LogP contribution in [0.25, 0.3) is 0 Å². The normalized spacial score (nSPS) is 10.5. The molecule has 0 aliphatic rings. The van der Waals surface area contributed by atoms with Crippen LogP contribution in [0.5, 0.6) is 0 Å². The molecule has 0 bridgehead atoms. The summed E-state index contributed by atoms with van der Waals surface area (Å²) in [6.07, 6.45) is 3.09. The maximum absolute atomic E-state index is 10.3. The molecule has 0 heterocycles.